The van der Waals surface area contributed by atoms with Crippen molar-refractivity contribution >= 4 is 11.6 Å². The molecule has 1 aromatic rings. The lowest BCUT2D eigenvalue weighted by Crippen LogP contribution is -2.53. The van der Waals surface area contributed by atoms with Gasteiger partial charge in [-0.1, -0.05) is 12.8 Å². The number of aliphatic hydroxyl groups is 1. The predicted octanol–water partition coefficient (Wildman–Crippen LogP) is 2.04. The lowest BCUT2D eigenvalue weighted by molar-refractivity contribution is -0.0613. The van der Waals surface area contributed by atoms with Crippen molar-refractivity contribution in [2.24, 2.45) is 5.92 Å². The molecule has 110 valence electrons. The van der Waals surface area contributed by atoms with Crippen LogP contribution in [0.5, 0.6) is 0 Å². The number of piperidine rings is 1. The lowest BCUT2D eigenvalue weighted by Gasteiger charge is -2.47. The van der Waals surface area contributed by atoms with E-state index in [2.05, 4.69) is 27.1 Å². The molecular weight excluding hydrogens is 252 g/mol. The minimum atomic E-state index is -0.424. The summed E-state index contributed by atoms with van der Waals surface area (Å²) >= 11 is 0. The molecule has 1 aliphatic carbocycles. The van der Waals surface area contributed by atoms with Gasteiger partial charge in [-0.2, -0.15) is 0 Å². The highest BCUT2D eigenvalue weighted by molar-refractivity contribution is 5.48. The molecule has 1 aromatic heterocycles. The van der Waals surface area contributed by atoms with Crippen LogP contribution in [-0.2, 0) is 0 Å². The molecule has 2 heterocycles. The molecule has 5 heteroatoms. The van der Waals surface area contributed by atoms with Crippen molar-refractivity contribution in [2.45, 2.75) is 44.6 Å². The maximum atomic E-state index is 10.7. The third-order valence-electron chi connectivity index (χ3n) is 4.76. The molecule has 0 radical (unpaired) electrons. The van der Waals surface area contributed by atoms with E-state index in [1.807, 2.05) is 6.07 Å². The van der Waals surface area contributed by atoms with Crippen LogP contribution in [0.25, 0.3) is 0 Å². The number of fused-ring (bicyclic) bond motifs is 1. The number of aromatic nitrogens is 2. The molecule has 2 aliphatic rings. The zero-order chi connectivity index (χ0) is 14.0. The number of hydrogen-bond acceptors (Lipinski definition) is 5. The average molecular weight is 276 g/mol. The Balaban J connectivity index is 1.74. The summed E-state index contributed by atoms with van der Waals surface area (Å²) in [6.45, 7) is 4.72. The second-order valence-electron chi connectivity index (χ2n) is 6.03. The summed E-state index contributed by atoms with van der Waals surface area (Å²) in [5.74, 6) is 2.24. The Hall–Kier alpha value is -1.36. The molecule has 0 bridgehead atoms. The van der Waals surface area contributed by atoms with E-state index in [-0.39, 0.29) is 0 Å². The Morgan fingerprint density at radius 3 is 3.15 bits per heavy atom. The monoisotopic (exact) mass is 276 g/mol. The van der Waals surface area contributed by atoms with Crippen molar-refractivity contribution in [1.82, 2.24) is 9.97 Å². The minimum absolute atomic E-state index is 0.391. The van der Waals surface area contributed by atoms with E-state index in [9.17, 15) is 5.11 Å². The van der Waals surface area contributed by atoms with Gasteiger partial charge in [-0.3, -0.25) is 0 Å². The Bertz CT molecular complexity index is 467. The average Bonchev–Trinajstić information content (AvgIpc) is 2.47. The van der Waals surface area contributed by atoms with E-state index in [1.165, 1.54) is 12.8 Å². The number of nitrogens with one attached hydrogen (secondary N) is 1. The first-order valence-electron chi connectivity index (χ1n) is 7.74. The Morgan fingerprint density at radius 1 is 1.40 bits per heavy atom. The maximum Gasteiger partial charge on any atom is 0.134 e. The fourth-order valence-electron chi connectivity index (χ4n) is 3.58. The third kappa shape index (κ3) is 2.59. The van der Waals surface area contributed by atoms with Gasteiger partial charge in [0.15, 0.2) is 0 Å². The van der Waals surface area contributed by atoms with Crippen molar-refractivity contribution in [3.63, 3.8) is 0 Å². The molecule has 2 atom stereocenters. The molecule has 1 aliphatic heterocycles. The van der Waals surface area contributed by atoms with Gasteiger partial charge >= 0.3 is 0 Å². The normalized spacial score (nSPS) is 29.9. The van der Waals surface area contributed by atoms with Crippen LogP contribution in [0, 0.1) is 5.92 Å². The highest BCUT2D eigenvalue weighted by atomic mass is 16.3. The smallest absolute Gasteiger partial charge is 0.134 e. The van der Waals surface area contributed by atoms with Gasteiger partial charge < -0.3 is 15.3 Å². The SMILES string of the molecule is CCNc1cc(N2CCC3(O)CCCCC3C2)ncn1. The molecule has 0 spiro atoms. The van der Waals surface area contributed by atoms with Crippen molar-refractivity contribution in [3.8, 4) is 0 Å². The minimum Gasteiger partial charge on any atom is -0.389 e. The van der Waals surface area contributed by atoms with Gasteiger partial charge in [-0.25, -0.2) is 9.97 Å². The van der Waals surface area contributed by atoms with Crippen molar-refractivity contribution in [1.29, 1.82) is 0 Å². The summed E-state index contributed by atoms with van der Waals surface area (Å²) in [6.07, 6.45) is 7.00. The van der Waals surface area contributed by atoms with Crippen LogP contribution >= 0.6 is 0 Å². The molecule has 2 fully saturated rings. The number of anilines is 2. The van der Waals surface area contributed by atoms with E-state index in [4.69, 9.17) is 0 Å². The van der Waals surface area contributed by atoms with Gasteiger partial charge in [0.2, 0.25) is 0 Å². The molecule has 0 aromatic carbocycles. The first kappa shape index (κ1) is 13.6. The van der Waals surface area contributed by atoms with E-state index in [0.717, 1.165) is 50.5 Å². The fourth-order valence-corrected chi connectivity index (χ4v) is 3.58. The van der Waals surface area contributed by atoms with Gasteiger partial charge in [0.1, 0.15) is 18.0 Å². The van der Waals surface area contributed by atoms with Crippen LogP contribution in [0.15, 0.2) is 12.4 Å². The maximum absolute atomic E-state index is 10.7. The van der Waals surface area contributed by atoms with Crippen LogP contribution in [0.3, 0.4) is 0 Å². The largest absolute Gasteiger partial charge is 0.389 e. The number of rotatable bonds is 3. The molecule has 5 nitrogen and oxygen atoms in total. The standard InChI is InChI=1S/C15H24N4O/c1-2-16-13-9-14(18-11-17-13)19-8-7-15(20)6-4-3-5-12(15)10-19/h9,11-12,20H,2-8,10H2,1H3,(H,16,17,18). The Morgan fingerprint density at radius 2 is 2.30 bits per heavy atom. The van der Waals surface area contributed by atoms with Crippen molar-refractivity contribution < 1.29 is 5.11 Å². The molecule has 1 saturated carbocycles. The molecule has 2 unspecified atom stereocenters. The van der Waals surface area contributed by atoms with Gasteiger partial charge in [-0.15, -0.1) is 0 Å². The molecule has 3 rings (SSSR count). The quantitative estimate of drug-likeness (QED) is 0.884. The van der Waals surface area contributed by atoms with Gasteiger partial charge in [-0.05, 0) is 26.2 Å². The van der Waals surface area contributed by atoms with E-state index < -0.39 is 5.60 Å². The van der Waals surface area contributed by atoms with Crippen LogP contribution in [0.4, 0.5) is 11.6 Å². The van der Waals surface area contributed by atoms with E-state index in [1.54, 1.807) is 6.33 Å². The fraction of sp³-hybridized carbons (Fsp3) is 0.733. The van der Waals surface area contributed by atoms with Crippen LogP contribution in [0.1, 0.15) is 39.0 Å². The molecule has 0 amide bonds. The number of hydrogen-bond donors (Lipinski definition) is 2. The molecule has 1 saturated heterocycles. The zero-order valence-corrected chi connectivity index (χ0v) is 12.2. The van der Waals surface area contributed by atoms with Crippen LogP contribution in [-0.4, -0.2) is 40.3 Å². The highest BCUT2D eigenvalue weighted by Crippen LogP contribution is 2.40. The first-order valence-corrected chi connectivity index (χ1v) is 7.74. The Kier molecular flexibility index (Phi) is 3.78. The molecular formula is C15H24N4O. The van der Waals surface area contributed by atoms with Crippen molar-refractivity contribution in [2.75, 3.05) is 29.9 Å². The van der Waals surface area contributed by atoms with Crippen molar-refractivity contribution in [3.05, 3.63) is 12.4 Å². The van der Waals surface area contributed by atoms with Gasteiger partial charge in [0.25, 0.3) is 0 Å². The summed E-state index contributed by atoms with van der Waals surface area (Å²) in [5, 5.41) is 13.9. The summed E-state index contributed by atoms with van der Waals surface area (Å²) in [4.78, 5) is 10.9. The van der Waals surface area contributed by atoms with Gasteiger partial charge in [0.05, 0.1) is 5.60 Å². The first-order chi connectivity index (χ1) is 9.71. The third-order valence-corrected chi connectivity index (χ3v) is 4.76. The summed E-state index contributed by atoms with van der Waals surface area (Å²) in [5.41, 5.74) is -0.424. The predicted molar refractivity (Wildman–Crippen MR) is 79.9 cm³/mol. The Labute approximate surface area is 120 Å². The highest BCUT2D eigenvalue weighted by Gasteiger charge is 2.42. The number of nitrogens with zero attached hydrogens (tertiary/aromatic N) is 3. The van der Waals surface area contributed by atoms with Gasteiger partial charge in [0, 0.05) is 31.6 Å². The lowest BCUT2D eigenvalue weighted by atomic mass is 9.71. The molecule has 2 N–H and O–H groups in total. The summed E-state index contributed by atoms with van der Waals surface area (Å²) < 4.78 is 0. The summed E-state index contributed by atoms with van der Waals surface area (Å²) in [7, 11) is 0. The van der Waals surface area contributed by atoms with Crippen LogP contribution in [0.2, 0.25) is 0 Å². The topological polar surface area (TPSA) is 61.3 Å². The van der Waals surface area contributed by atoms with E-state index in [0.29, 0.717) is 5.92 Å². The van der Waals surface area contributed by atoms with E-state index >= 15 is 0 Å². The van der Waals surface area contributed by atoms with Crippen LogP contribution < -0.4 is 10.2 Å². The molecule has 20 heavy (non-hydrogen) atoms. The second-order valence-corrected chi connectivity index (χ2v) is 6.03. The zero-order valence-electron chi connectivity index (χ0n) is 12.2. The second kappa shape index (κ2) is 5.56. The summed E-state index contributed by atoms with van der Waals surface area (Å²) in [6, 6.07) is 2.01.